The Labute approximate surface area is 128 Å². The summed E-state index contributed by atoms with van der Waals surface area (Å²) in [5.74, 6) is 0. The van der Waals surface area contributed by atoms with Crippen LogP contribution in [0.15, 0.2) is 24.3 Å². The molecule has 0 heterocycles. The number of nitrogen functional groups attached to an aromatic ring is 1. The predicted molar refractivity (Wildman–Crippen MR) is 87.5 cm³/mol. The highest BCUT2D eigenvalue weighted by Gasteiger charge is 2.28. The third-order valence-electron chi connectivity index (χ3n) is 4.20. The molecule has 0 unspecified atom stereocenters. The third-order valence-corrected chi connectivity index (χ3v) is 4.20. The smallest absolute Gasteiger partial charge is 0.0683 e. The maximum atomic E-state index is 9.05. The van der Waals surface area contributed by atoms with Gasteiger partial charge in [0.15, 0.2) is 0 Å². The third kappa shape index (κ3) is 5.40. The van der Waals surface area contributed by atoms with Crippen molar-refractivity contribution in [2.75, 3.05) is 12.3 Å². The van der Waals surface area contributed by atoms with Gasteiger partial charge in [-0.25, -0.2) is 0 Å². The Morgan fingerprint density at radius 2 is 2.10 bits per heavy atom. The van der Waals surface area contributed by atoms with E-state index in [-0.39, 0.29) is 5.41 Å². The van der Waals surface area contributed by atoms with Crippen molar-refractivity contribution in [2.45, 2.75) is 58.5 Å². The average molecular weight is 285 g/mol. The van der Waals surface area contributed by atoms with Gasteiger partial charge in [-0.3, -0.25) is 4.90 Å². The van der Waals surface area contributed by atoms with Gasteiger partial charge >= 0.3 is 0 Å². The summed E-state index contributed by atoms with van der Waals surface area (Å²) in [6, 6.07) is 11.3. The molecular formula is C18H27N3. The van der Waals surface area contributed by atoms with Gasteiger partial charge < -0.3 is 5.73 Å². The fourth-order valence-electron chi connectivity index (χ4n) is 2.69. The molecule has 2 rings (SSSR count). The number of nitrogens with two attached hydrogens (primary N) is 1. The van der Waals surface area contributed by atoms with E-state index in [4.69, 9.17) is 11.0 Å². The molecule has 21 heavy (non-hydrogen) atoms. The molecule has 0 aromatic heterocycles. The Balaban J connectivity index is 1.79. The van der Waals surface area contributed by atoms with Crippen LogP contribution in [0.4, 0.5) is 5.69 Å². The van der Waals surface area contributed by atoms with Crippen molar-refractivity contribution in [3.63, 3.8) is 0 Å². The number of nitrogens with zero attached hydrogens (tertiary/aromatic N) is 2. The Morgan fingerprint density at radius 1 is 1.33 bits per heavy atom. The largest absolute Gasteiger partial charge is 0.399 e. The number of anilines is 1. The van der Waals surface area contributed by atoms with Crippen molar-refractivity contribution < 1.29 is 0 Å². The molecule has 1 aromatic carbocycles. The molecule has 0 atom stereocenters. The van der Waals surface area contributed by atoms with Crippen LogP contribution >= 0.6 is 0 Å². The highest BCUT2D eigenvalue weighted by atomic mass is 15.2. The number of rotatable bonds is 8. The summed E-state index contributed by atoms with van der Waals surface area (Å²) in [4.78, 5) is 2.58. The lowest BCUT2D eigenvalue weighted by Gasteiger charge is -2.23. The van der Waals surface area contributed by atoms with Crippen molar-refractivity contribution >= 4 is 5.69 Å². The number of unbranched alkanes of at least 4 members (excludes halogenated alkanes) is 1. The summed E-state index contributed by atoms with van der Waals surface area (Å²) in [7, 11) is 0. The van der Waals surface area contributed by atoms with E-state index >= 15 is 0 Å². The SMILES string of the molecule is CC(C)(C#N)CCCCN(Cc1cccc(N)c1)C1CC1. The summed E-state index contributed by atoms with van der Waals surface area (Å²) in [6.45, 7) is 6.18. The number of hydrogen-bond acceptors (Lipinski definition) is 3. The summed E-state index contributed by atoms with van der Waals surface area (Å²) < 4.78 is 0. The van der Waals surface area contributed by atoms with Gasteiger partial charge in [0.05, 0.1) is 11.5 Å². The normalized spacial score (nSPS) is 15.1. The zero-order valence-corrected chi connectivity index (χ0v) is 13.3. The molecule has 1 saturated carbocycles. The lowest BCUT2D eigenvalue weighted by atomic mass is 9.89. The van der Waals surface area contributed by atoms with Gasteiger partial charge in [-0.15, -0.1) is 0 Å². The maximum Gasteiger partial charge on any atom is 0.0683 e. The lowest BCUT2D eigenvalue weighted by molar-refractivity contribution is 0.244. The number of benzene rings is 1. The Hall–Kier alpha value is -1.53. The molecule has 0 aliphatic heterocycles. The molecule has 2 N–H and O–H groups in total. The molecule has 1 fully saturated rings. The van der Waals surface area contributed by atoms with Crippen molar-refractivity contribution in [1.29, 1.82) is 5.26 Å². The lowest BCUT2D eigenvalue weighted by Crippen LogP contribution is -2.27. The molecule has 3 heteroatoms. The maximum absolute atomic E-state index is 9.05. The van der Waals surface area contributed by atoms with Gasteiger partial charge in [-0.1, -0.05) is 18.6 Å². The second kappa shape index (κ2) is 6.95. The zero-order chi connectivity index (χ0) is 15.3. The molecule has 114 valence electrons. The van der Waals surface area contributed by atoms with Crippen LogP contribution in [-0.4, -0.2) is 17.5 Å². The minimum absolute atomic E-state index is 0.182. The molecule has 0 radical (unpaired) electrons. The summed E-state index contributed by atoms with van der Waals surface area (Å²) in [6.07, 6.45) is 5.93. The number of nitriles is 1. The van der Waals surface area contributed by atoms with Crippen LogP contribution in [0.2, 0.25) is 0 Å². The van der Waals surface area contributed by atoms with Crippen LogP contribution in [0.25, 0.3) is 0 Å². The first-order chi connectivity index (χ1) is 10.00. The molecule has 0 bridgehead atoms. The van der Waals surface area contributed by atoms with Gasteiger partial charge in [-0.05, 0) is 63.8 Å². The van der Waals surface area contributed by atoms with E-state index in [1.807, 2.05) is 26.0 Å². The van der Waals surface area contributed by atoms with Gasteiger partial charge in [0.25, 0.3) is 0 Å². The summed E-state index contributed by atoms with van der Waals surface area (Å²) in [5, 5.41) is 9.05. The van der Waals surface area contributed by atoms with Crippen LogP contribution in [0.1, 0.15) is 51.5 Å². The second-order valence-electron chi connectivity index (χ2n) is 6.90. The van der Waals surface area contributed by atoms with Crippen molar-refractivity contribution in [2.24, 2.45) is 5.41 Å². The monoisotopic (exact) mass is 285 g/mol. The number of hydrogen-bond donors (Lipinski definition) is 1. The van der Waals surface area contributed by atoms with Crippen LogP contribution < -0.4 is 5.73 Å². The van der Waals surface area contributed by atoms with Crippen LogP contribution in [0, 0.1) is 16.7 Å². The van der Waals surface area contributed by atoms with Gasteiger partial charge in [0.1, 0.15) is 0 Å². The first-order valence-electron chi connectivity index (χ1n) is 8.00. The van der Waals surface area contributed by atoms with E-state index in [9.17, 15) is 0 Å². The summed E-state index contributed by atoms with van der Waals surface area (Å²) >= 11 is 0. The summed E-state index contributed by atoms with van der Waals surface area (Å²) in [5.41, 5.74) is 7.83. The van der Waals surface area contributed by atoms with Gasteiger partial charge in [0, 0.05) is 18.3 Å². The van der Waals surface area contributed by atoms with E-state index in [0.29, 0.717) is 0 Å². The van der Waals surface area contributed by atoms with Crippen molar-refractivity contribution in [1.82, 2.24) is 4.90 Å². The first kappa shape index (κ1) is 15.9. The second-order valence-corrected chi connectivity index (χ2v) is 6.90. The highest BCUT2D eigenvalue weighted by molar-refractivity contribution is 5.40. The Bertz CT molecular complexity index is 497. The average Bonchev–Trinajstić information content (AvgIpc) is 3.27. The predicted octanol–water partition coefficient (Wildman–Crippen LogP) is 3.95. The minimum atomic E-state index is -0.182. The molecule has 0 saturated heterocycles. The molecular weight excluding hydrogens is 258 g/mol. The van der Waals surface area contributed by atoms with Crippen molar-refractivity contribution in [3.05, 3.63) is 29.8 Å². The Morgan fingerprint density at radius 3 is 2.71 bits per heavy atom. The topological polar surface area (TPSA) is 53.0 Å². The zero-order valence-electron chi connectivity index (χ0n) is 13.3. The van der Waals surface area contributed by atoms with Gasteiger partial charge in [0.2, 0.25) is 0 Å². The molecule has 0 amide bonds. The minimum Gasteiger partial charge on any atom is -0.399 e. The molecule has 1 aromatic rings. The molecule has 0 spiro atoms. The van der Waals surface area contributed by atoms with Crippen LogP contribution in [-0.2, 0) is 6.54 Å². The van der Waals surface area contributed by atoms with E-state index < -0.39 is 0 Å². The molecule has 1 aliphatic carbocycles. The van der Waals surface area contributed by atoms with Crippen molar-refractivity contribution in [3.8, 4) is 6.07 Å². The van der Waals surface area contributed by atoms with E-state index in [2.05, 4.69) is 23.1 Å². The fraction of sp³-hybridized carbons (Fsp3) is 0.611. The van der Waals surface area contributed by atoms with E-state index in [1.54, 1.807) is 0 Å². The molecule has 3 nitrogen and oxygen atoms in total. The van der Waals surface area contributed by atoms with Crippen LogP contribution in [0.3, 0.4) is 0 Å². The standard InChI is InChI=1S/C18H27N3/c1-18(2,14-19)10-3-4-11-21(17-8-9-17)13-15-6-5-7-16(20)12-15/h5-7,12,17H,3-4,8-11,13,20H2,1-2H3. The molecule has 1 aliphatic rings. The van der Waals surface area contributed by atoms with Gasteiger partial charge in [-0.2, -0.15) is 5.26 Å². The highest BCUT2D eigenvalue weighted by Crippen LogP contribution is 2.29. The van der Waals surface area contributed by atoms with Crippen LogP contribution in [0.5, 0.6) is 0 Å². The Kier molecular flexibility index (Phi) is 5.25. The quantitative estimate of drug-likeness (QED) is 0.581. The van der Waals surface area contributed by atoms with E-state index in [0.717, 1.165) is 37.7 Å². The fourth-order valence-corrected chi connectivity index (χ4v) is 2.69. The van der Waals surface area contributed by atoms with E-state index in [1.165, 1.54) is 24.8 Å². The first-order valence-corrected chi connectivity index (χ1v) is 8.00.